The summed E-state index contributed by atoms with van der Waals surface area (Å²) in [4.78, 5) is 0. The molecule has 0 saturated heterocycles. The number of halogens is 2. The van der Waals surface area contributed by atoms with Gasteiger partial charge < -0.3 is 24.8 Å². The molecule has 0 fully saturated rings. The van der Waals surface area contributed by atoms with E-state index in [0.29, 0.717) is 0 Å². The van der Waals surface area contributed by atoms with Gasteiger partial charge in [-0.25, -0.2) is 12.1 Å². The maximum atomic E-state index is 2.26. The van der Waals surface area contributed by atoms with Crippen molar-refractivity contribution in [1.82, 2.24) is 0 Å². The fraction of sp³-hybridized carbons (Fsp3) is 0.267. The van der Waals surface area contributed by atoms with Gasteiger partial charge in [0.05, 0.1) is 0 Å². The van der Waals surface area contributed by atoms with Gasteiger partial charge in [0.15, 0.2) is 0 Å². The Morgan fingerprint density at radius 2 is 0.882 bits per heavy atom. The predicted molar refractivity (Wildman–Crippen MR) is 137 cm³/mol. The molecule has 0 aliphatic heterocycles. The first kappa shape index (κ1) is 30.9. The molecule has 175 valence electrons. The van der Waals surface area contributed by atoms with E-state index in [-0.39, 0.29) is 60.5 Å². The minimum atomic E-state index is 0. The van der Waals surface area contributed by atoms with Crippen molar-refractivity contribution in [3.63, 3.8) is 0 Å². The Balaban J connectivity index is 0.000000249. The standard InChI is InChI=1S/C12H11Si.2C9H11.2ClH.Zr/c1-3-7-11(8-4-1)13-12-9-5-2-6-10-12;2*1-2-5-9-7-3-6-8(9)4-1;;;/h1-10,13H;2*3,6-7H,1-2,4-5H2;2*1H;/q;2*-1;;;+4/p-2. The van der Waals surface area contributed by atoms with E-state index in [4.69, 9.17) is 0 Å². The molecule has 6 rings (SSSR count). The van der Waals surface area contributed by atoms with Gasteiger partial charge in [-0.1, -0.05) is 122 Å². The van der Waals surface area contributed by atoms with Crippen molar-refractivity contribution in [1.29, 1.82) is 0 Å². The molecule has 0 N–H and O–H groups in total. The van der Waals surface area contributed by atoms with Gasteiger partial charge in [0.2, 0.25) is 0 Å². The monoisotopic (exact) mass is 581 g/mol. The molecule has 4 heteroatoms. The van der Waals surface area contributed by atoms with Crippen molar-refractivity contribution in [2.24, 2.45) is 0 Å². The van der Waals surface area contributed by atoms with Crippen LogP contribution in [0.3, 0.4) is 0 Å². The second-order valence-electron chi connectivity index (χ2n) is 8.53. The summed E-state index contributed by atoms with van der Waals surface area (Å²) >= 11 is 0. The van der Waals surface area contributed by atoms with Crippen molar-refractivity contribution in [3.05, 3.63) is 119 Å². The average Bonchev–Trinajstić information content (AvgIpc) is 3.51. The molecule has 0 unspecified atom stereocenters. The SMILES string of the molecule is [Cl-].[Cl-].[Zr+4].c1cc2c([cH-]1)CCCC2.c1cc2c([cH-]1)CCCC2.c1ccc([SiH]c2ccccc2)cc1. The molecule has 0 nitrogen and oxygen atoms in total. The van der Waals surface area contributed by atoms with Crippen LogP contribution in [0.4, 0.5) is 0 Å². The van der Waals surface area contributed by atoms with Crippen LogP contribution in [-0.4, -0.2) is 9.52 Å². The molecule has 2 aliphatic rings. The first-order chi connectivity index (χ1) is 15.4. The maximum absolute atomic E-state index is 2.26. The molecule has 0 bridgehead atoms. The van der Waals surface area contributed by atoms with Crippen molar-refractivity contribution in [2.75, 3.05) is 0 Å². The van der Waals surface area contributed by atoms with Gasteiger partial charge in [-0.15, -0.1) is 0 Å². The Morgan fingerprint density at radius 3 is 1.26 bits per heavy atom. The molecule has 0 atom stereocenters. The molecule has 0 aromatic heterocycles. The third kappa shape index (κ3) is 9.82. The third-order valence-corrected chi connectivity index (χ3v) is 7.67. The van der Waals surface area contributed by atoms with E-state index in [1.807, 2.05) is 0 Å². The molecular formula is C30H33Cl2SiZr. The zero-order valence-electron chi connectivity index (χ0n) is 19.7. The van der Waals surface area contributed by atoms with Crippen LogP contribution >= 0.6 is 0 Å². The molecule has 4 aromatic carbocycles. The quantitative estimate of drug-likeness (QED) is 0.224. The van der Waals surface area contributed by atoms with Crippen molar-refractivity contribution in [2.45, 2.75) is 51.4 Å². The second-order valence-corrected chi connectivity index (χ2v) is 10.2. The fourth-order valence-electron chi connectivity index (χ4n) is 4.52. The summed E-state index contributed by atoms with van der Waals surface area (Å²) in [6, 6.07) is 34.7. The summed E-state index contributed by atoms with van der Waals surface area (Å²) in [5.74, 6) is 0. The van der Waals surface area contributed by atoms with E-state index in [9.17, 15) is 0 Å². The van der Waals surface area contributed by atoms with Gasteiger partial charge in [-0.05, 0) is 0 Å². The summed E-state index contributed by atoms with van der Waals surface area (Å²) in [6.07, 6.45) is 10.9. The van der Waals surface area contributed by atoms with Gasteiger partial charge in [0.25, 0.3) is 0 Å². The number of benzene rings is 2. The Kier molecular flexibility index (Phi) is 15.7. The molecule has 0 amide bonds. The molecule has 0 heterocycles. The van der Waals surface area contributed by atoms with Crippen LogP contribution in [0.25, 0.3) is 0 Å². The number of aryl methyl sites for hydroxylation is 4. The van der Waals surface area contributed by atoms with E-state index in [2.05, 4.69) is 97.1 Å². The summed E-state index contributed by atoms with van der Waals surface area (Å²) < 4.78 is 0. The van der Waals surface area contributed by atoms with Gasteiger partial charge in [-0.3, -0.25) is 0 Å². The third-order valence-electron chi connectivity index (χ3n) is 6.23. The molecule has 1 radical (unpaired) electrons. The summed E-state index contributed by atoms with van der Waals surface area (Å²) in [5, 5.41) is 2.90. The van der Waals surface area contributed by atoms with Gasteiger partial charge in [0, 0.05) is 0 Å². The van der Waals surface area contributed by atoms with Gasteiger partial charge >= 0.3 is 26.2 Å². The van der Waals surface area contributed by atoms with E-state index in [1.54, 1.807) is 22.3 Å². The fourth-order valence-corrected chi connectivity index (χ4v) is 5.73. The van der Waals surface area contributed by atoms with Gasteiger partial charge in [-0.2, -0.15) is 46.5 Å². The van der Waals surface area contributed by atoms with E-state index >= 15 is 0 Å². The topological polar surface area (TPSA) is 0 Å². The van der Waals surface area contributed by atoms with Crippen molar-refractivity contribution in [3.8, 4) is 0 Å². The summed E-state index contributed by atoms with van der Waals surface area (Å²) in [6.45, 7) is 0. The first-order valence-electron chi connectivity index (χ1n) is 11.8. The van der Waals surface area contributed by atoms with Crippen molar-refractivity contribution >= 4 is 19.9 Å². The average molecular weight is 584 g/mol. The van der Waals surface area contributed by atoms with Crippen LogP contribution < -0.4 is 35.2 Å². The van der Waals surface area contributed by atoms with E-state index in [0.717, 1.165) is 0 Å². The molecular weight excluding hydrogens is 551 g/mol. The normalized spacial score (nSPS) is 12.9. The number of rotatable bonds is 2. The Labute approximate surface area is 240 Å². The molecule has 0 saturated carbocycles. The Bertz CT molecular complexity index is 899. The number of hydrogen-bond donors (Lipinski definition) is 0. The van der Waals surface area contributed by atoms with Crippen LogP contribution in [0.1, 0.15) is 47.9 Å². The summed E-state index contributed by atoms with van der Waals surface area (Å²) in [5.41, 5.74) is 6.39. The van der Waals surface area contributed by atoms with Crippen LogP contribution in [0.15, 0.2) is 97.1 Å². The largest absolute Gasteiger partial charge is 4.00 e. The van der Waals surface area contributed by atoms with Crippen LogP contribution in [-0.2, 0) is 51.9 Å². The zero-order chi connectivity index (χ0) is 21.1. The minimum Gasteiger partial charge on any atom is -1.00 e. The summed E-state index contributed by atoms with van der Waals surface area (Å²) in [7, 11) is 0.271. The Morgan fingerprint density at radius 1 is 0.500 bits per heavy atom. The van der Waals surface area contributed by atoms with E-state index < -0.39 is 0 Å². The minimum absolute atomic E-state index is 0. The molecule has 4 aromatic rings. The number of hydrogen-bond acceptors (Lipinski definition) is 0. The van der Waals surface area contributed by atoms with E-state index in [1.165, 1.54) is 61.7 Å². The van der Waals surface area contributed by atoms with Crippen LogP contribution in [0.2, 0.25) is 0 Å². The maximum Gasteiger partial charge on any atom is 4.00 e. The molecule has 2 aliphatic carbocycles. The van der Waals surface area contributed by atoms with Crippen LogP contribution in [0.5, 0.6) is 0 Å². The first-order valence-corrected chi connectivity index (χ1v) is 13.0. The predicted octanol–water partition coefficient (Wildman–Crippen LogP) is -0.352. The number of fused-ring (bicyclic) bond motifs is 2. The van der Waals surface area contributed by atoms with Crippen molar-refractivity contribution < 1.29 is 51.0 Å². The zero-order valence-corrected chi connectivity index (χ0v) is 24.9. The van der Waals surface area contributed by atoms with Gasteiger partial charge in [0.1, 0.15) is 9.52 Å². The van der Waals surface area contributed by atoms with Crippen LogP contribution in [0, 0.1) is 0 Å². The molecule has 34 heavy (non-hydrogen) atoms. The smallest absolute Gasteiger partial charge is 1.00 e. The molecule has 0 spiro atoms. The Hall–Kier alpha value is -1.18. The second kappa shape index (κ2) is 17.3.